The van der Waals surface area contributed by atoms with Gasteiger partial charge in [0.05, 0.1) is 43.1 Å². The van der Waals surface area contributed by atoms with Gasteiger partial charge >= 0.3 is 0 Å². The van der Waals surface area contributed by atoms with Crippen molar-refractivity contribution in [2.45, 2.75) is 6.54 Å². The lowest BCUT2D eigenvalue weighted by Crippen LogP contribution is -2.36. The largest absolute Gasteiger partial charge is 0.494 e. The second-order valence-electron chi connectivity index (χ2n) is 9.94. The van der Waals surface area contributed by atoms with Crippen LogP contribution in [0.2, 0.25) is 0 Å². The van der Waals surface area contributed by atoms with Crippen LogP contribution in [0.5, 0.6) is 5.75 Å². The summed E-state index contributed by atoms with van der Waals surface area (Å²) in [4.78, 5) is 13.7. The summed E-state index contributed by atoms with van der Waals surface area (Å²) < 4.78 is 13.1. The third kappa shape index (κ3) is 6.56. The predicted octanol–water partition coefficient (Wildman–Crippen LogP) is 5.09. The lowest BCUT2D eigenvalue weighted by Gasteiger charge is -2.31. The number of anilines is 4. The Hall–Kier alpha value is -4.67. The molecule has 1 aliphatic heterocycles. The second kappa shape index (κ2) is 12.7. The maximum absolute atomic E-state index is 5.79. The molecule has 0 atom stereocenters. The number of benzene rings is 2. The van der Waals surface area contributed by atoms with Crippen molar-refractivity contribution in [1.29, 1.82) is 0 Å². The molecule has 0 saturated carbocycles. The number of hydrogen-bond donors (Lipinski definition) is 2. The van der Waals surface area contributed by atoms with E-state index in [0.717, 1.165) is 47.8 Å². The zero-order chi connectivity index (χ0) is 28.8. The number of nitrogens with one attached hydrogen (secondary N) is 2. The van der Waals surface area contributed by atoms with Gasteiger partial charge in [-0.15, -0.1) is 0 Å². The summed E-state index contributed by atoms with van der Waals surface area (Å²) in [6.07, 6.45) is 5.42. The van der Waals surface area contributed by atoms with Crippen molar-refractivity contribution in [1.82, 2.24) is 24.6 Å². The van der Waals surface area contributed by atoms with Crippen LogP contribution in [0.4, 0.5) is 23.0 Å². The molecular weight excluding hydrogens is 516 g/mol. The Morgan fingerprint density at radius 1 is 1.12 bits per heavy atom. The fourth-order valence-electron chi connectivity index (χ4n) is 4.71. The van der Waals surface area contributed by atoms with E-state index in [0.29, 0.717) is 42.1 Å². The molecule has 0 radical (unpaired) electrons. The minimum absolute atomic E-state index is 0.416. The van der Waals surface area contributed by atoms with Gasteiger partial charge in [-0.25, -0.2) is 9.67 Å². The van der Waals surface area contributed by atoms with Gasteiger partial charge in [-0.2, -0.15) is 10.1 Å². The van der Waals surface area contributed by atoms with Crippen LogP contribution < -0.4 is 20.3 Å². The van der Waals surface area contributed by atoms with E-state index in [1.807, 2.05) is 56.7 Å². The molecule has 3 heterocycles. The zero-order valence-corrected chi connectivity index (χ0v) is 23.8. The van der Waals surface area contributed by atoms with Crippen LogP contribution in [0, 0.1) is 0 Å². The van der Waals surface area contributed by atoms with Crippen LogP contribution in [0.1, 0.15) is 5.56 Å². The highest BCUT2D eigenvalue weighted by Crippen LogP contribution is 2.39. The van der Waals surface area contributed by atoms with Crippen molar-refractivity contribution < 1.29 is 9.47 Å². The summed E-state index contributed by atoms with van der Waals surface area (Å²) in [7, 11) is 5.74. The Bertz CT molecular complexity index is 1510. The lowest BCUT2D eigenvalue weighted by atomic mass is 10.1. The van der Waals surface area contributed by atoms with Gasteiger partial charge in [0, 0.05) is 61.0 Å². The molecule has 1 fully saturated rings. The number of rotatable bonds is 11. The first kappa shape index (κ1) is 27.9. The number of ether oxygens (including phenoxy) is 2. The monoisotopic (exact) mass is 552 g/mol. The van der Waals surface area contributed by atoms with E-state index in [9.17, 15) is 0 Å². The third-order valence-corrected chi connectivity index (χ3v) is 6.66. The molecule has 10 heteroatoms. The van der Waals surface area contributed by atoms with Crippen molar-refractivity contribution in [3.8, 4) is 22.8 Å². The highest BCUT2D eigenvalue weighted by atomic mass is 16.5. The number of methoxy groups -OCH3 is 1. The molecule has 2 N–H and O–H groups in total. The molecule has 2 aromatic heterocycles. The molecule has 0 bridgehead atoms. The lowest BCUT2D eigenvalue weighted by molar-refractivity contribution is 0.122. The maximum atomic E-state index is 5.79. The van der Waals surface area contributed by atoms with Crippen molar-refractivity contribution in [2.75, 3.05) is 63.0 Å². The molecule has 212 valence electrons. The highest BCUT2D eigenvalue weighted by molar-refractivity contribution is 5.82. The molecule has 10 nitrogen and oxygen atoms in total. The van der Waals surface area contributed by atoms with Crippen molar-refractivity contribution in [2.24, 2.45) is 0 Å². The van der Waals surface area contributed by atoms with Gasteiger partial charge in [0.15, 0.2) is 5.82 Å². The number of morpholine rings is 1. The van der Waals surface area contributed by atoms with Crippen LogP contribution in [0.3, 0.4) is 0 Å². The normalized spacial score (nSPS) is 13.2. The molecule has 5 rings (SSSR count). The fourth-order valence-corrected chi connectivity index (χ4v) is 4.71. The molecule has 0 unspecified atom stereocenters. The number of allylic oxidation sites excluding steroid dienone is 1. The minimum atomic E-state index is 0.416. The molecule has 41 heavy (non-hydrogen) atoms. The van der Waals surface area contributed by atoms with E-state index in [4.69, 9.17) is 19.6 Å². The van der Waals surface area contributed by atoms with Crippen molar-refractivity contribution in [3.63, 3.8) is 0 Å². The van der Waals surface area contributed by atoms with Crippen LogP contribution in [-0.4, -0.2) is 72.2 Å². The maximum Gasteiger partial charge on any atom is 0.229 e. The first-order valence-corrected chi connectivity index (χ1v) is 13.5. The molecule has 0 amide bonds. The SMILES string of the molecule is C=CC(=C)Nc1cc(Nc2nccc(-n3cc(CN(C)C)c(-c4ccccc4)n3)n2)c(OC)cc1N1CCOCC1. The van der Waals surface area contributed by atoms with Crippen LogP contribution in [-0.2, 0) is 11.3 Å². The Morgan fingerprint density at radius 2 is 1.90 bits per heavy atom. The molecular formula is C31H36N8O2. The Kier molecular flexibility index (Phi) is 8.61. The predicted molar refractivity (Wildman–Crippen MR) is 164 cm³/mol. The first-order valence-electron chi connectivity index (χ1n) is 13.5. The van der Waals surface area contributed by atoms with E-state index in [-0.39, 0.29) is 0 Å². The van der Waals surface area contributed by atoms with E-state index >= 15 is 0 Å². The number of nitrogens with zero attached hydrogens (tertiary/aromatic N) is 6. The highest BCUT2D eigenvalue weighted by Gasteiger charge is 2.20. The number of hydrogen-bond acceptors (Lipinski definition) is 9. The van der Waals surface area contributed by atoms with E-state index in [2.05, 4.69) is 50.7 Å². The fraction of sp³-hybridized carbons (Fsp3) is 0.258. The van der Waals surface area contributed by atoms with Crippen LogP contribution in [0.15, 0.2) is 85.9 Å². The Balaban J connectivity index is 1.49. The summed E-state index contributed by atoms with van der Waals surface area (Å²) in [6, 6.07) is 16.0. The Labute approximate surface area is 240 Å². The van der Waals surface area contributed by atoms with Gasteiger partial charge in [-0.1, -0.05) is 43.5 Å². The molecule has 1 saturated heterocycles. The van der Waals surface area contributed by atoms with Gasteiger partial charge in [-0.3, -0.25) is 0 Å². The minimum Gasteiger partial charge on any atom is -0.494 e. The zero-order valence-electron chi connectivity index (χ0n) is 23.8. The summed E-state index contributed by atoms with van der Waals surface area (Å²) in [5.41, 5.74) is 6.34. The average Bonchev–Trinajstić information content (AvgIpc) is 3.41. The molecule has 0 spiro atoms. The summed E-state index contributed by atoms with van der Waals surface area (Å²) in [5.74, 6) is 1.72. The van der Waals surface area contributed by atoms with Gasteiger partial charge in [0.1, 0.15) is 5.75 Å². The van der Waals surface area contributed by atoms with Crippen LogP contribution >= 0.6 is 0 Å². The van der Waals surface area contributed by atoms with Crippen LogP contribution in [0.25, 0.3) is 17.1 Å². The molecule has 1 aliphatic rings. The Morgan fingerprint density at radius 3 is 2.61 bits per heavy atom. The van der Waals surface area contributed by atoms with E-state index in [1.54, 1.807) is 24.1 Å². The molecule has 2 aromatic carbocycles. The summed E-state index contributed by atoms with van der Waals surface area (Å²) in [5, 5.41) is 11.6. The smallest absolute Gasteiger partial charge is 0.229 e. The second-order valence-corrected chi connectivity index (χ2v) is 9.94. The van der Waals surface area contributed by atoms with Gasteiger partial charge in [0.25, 0.3) is 0 Å². The molecule has 4 aromatic rings. The van der Waals surface area contributed by atoms with Gasteiger partial charge < -0.3 is 29.9 Å². The third-order valence-electron chi connectivity index (χ3n) is 6.66. The topological polar surface area (TPSA) is 92.6 Å². The van der Waals surface area contributed by atoms with E-state index in [1.165, 1.54) is 0 Å². The summed E-state index contributed by atoms with van der Waals surface area (Å²) >= 11 is 0. The average molecular weight is 553 g/mol. The van der Waals surface area contributed by atoms with Gasteiger partial charge in [-0.05, 0) is 26.2 Å². The number of aromatic nitrogens is 4. The quantitative estimate of drug-likeness (QED) is 0.247. The first-order chi connectivity index (χ1) is 19.9. The molecule has 0 aliphatic carbocycles. The summed E-state index contributed by atoms with van der Waals surface area (Å²) in [6.45, 7) is 11.5. The van der Waals surface area contributed by atoms with E-state index < -0.39 is 0 Å². The van der Waals surface area contributed by atoms with Crippen molar-refractivity contribution in [3.05, 3.63) is 91.4 Å². The standard InChI is InChI=1S/C31H36N8O2/c1-6-22(2)33-25-18-26(28(40-5)19-27(25)38-14-16-41-17-15-38)34-31-32-13-12-29(35-31)39-21-24(20-37(3)4)30(36-39)23-10-8-7-9-11-23/h6-13,18-19,21,33H,1-2,14-17,20H2,3-5H3,(H,32,34,35). The van der Waals surface area contributed by atoms with Gasteiger partial charge in [0.2, 0.25) is 5.95 Å². The van der Waals surface area contributed by atoms with Crippen molar-refractivity contribution >= 4 is 23.0 Å².